The molecule has 0 radical (unpaired) electrons. The SMILES string of the molecule is CCOc1cccc(C(=O)c2cccs2)c1. The van der Waals surface area contributed by atoms with Crippen molar-refractivity contribution in [3.05, 3.63) is 52.2 Å². The van der Waals surface area contributed by atoms with E-state index in [-0.39, 0.29) is 5.78 Å². The lowest BCUT2D eigenvalue weighted by molar-refractivity contribution is 0.104. The van der Waals surface area contributed by atoms with Crippen molar-refractivity contribution in [3.8, 4) is 5.75 Å². The zero-order chi connectivity index (χ0) is 11.4. The van der Waals surface area contributed by atoms with Crippen LogP contribution in [0.1, 0.15) is 22.2 Å². The molecule has 3 heteroatoms. The Kier molecular flexibility index (Phi) is 3.37. The van der Waals surface area contributed by atoms with Crippen LogP contribution in [0.4, 0.5) is 0 Å². The van der Waals surface area contributed by atoms with Crippen molar-refractivity contribution in [1.29, 1.82) is 0 Å². The van der Waals surface area contributed by atoms with Crippen molar-refractivity contribution in [1.82, 2.24) is 0 Å². The van der Waals surface area contributed by atoms with E-state index in [1.165, 1.54) is 11.3 Å². The molecule has 82 valence electrons. The van der Waals surface area contributed by atoms with Crippen LogP contribution in [0.5, 0.6) is 5.75 Å². The molecule has 1 heterocycles. The van der Waals surface area contributed by atoms with Crippen molar-refractivity contribution in [2.24, 2.45) is 0 Å². The van der Waals surface area contributed by atoms with Gasteiger partial charge in [0.15, 0.2) is 0 Å². The van der Waals surface area contributed by atoms with E-state index < -0.39 is 0 Å². The van der Waals surface area contributed by atoms with E-state index in [2.05, 4.69) is 0 Å². The Hall–Kier alpha value is -1.61. The molecular weight excluding hydrogens is 220 g/mol. The van der Waals surface area contributed by atoms with Crippen LogP contribution in [0.2, 0.25) is 0 Å². The lowest BCUT2D eigenvalue weighted by Gasteiger charge is -2.04. The van der Waals surface area contributed by atoms with Gasteiger partial charge in [0.25, 0.3) is 0 Å². The maximum Gasteiger partial charge on any atom is 0.203 e. The Morgan fingerprint density at radius 1 is 1.31 bits per heavy atom. The van der Waals surface area contributed by atoms with E-state index in [0.29, 0.717) is 12.2 Å². The van der Waals surface area contributed by atoms with Crippen molar-refractivity contribution in [2.75, 3.05) is 6.61 Å². The number of hydrogen-bond donors (Lipinski definition) is 0. The molecule has 16 heavy (non-hydrogen) atoms. The molecular formula is C13H12O2S. The van der Waals surface area contributed by atoms with Crippen LogP contribution in [0.25, 0.3) is 0 Å². The van der Waals surface area contributed by atoms with E-state index in [9.17, 15) is 4.79 Å². The van der Waals surface area contributed by atoms with Gasteiger partial charge in [-0.1, -0.05) is 18.2 Å². The third-order valence-corrected chi connectivity index (χ3v) is 3.02. The summed E-state index contributed by atoms with van der Waals surface area (Å²) in [6.07, 6.45) is 0. The molecule has 0 unspecified atom stereocenters. The molecule has 2 nitrogen and oxygen atoms in total. The molecule has 0 saturated carbocycles. The van der Waals surface area contributed by atoms with E-state index in [1.54, 1.807) is 6.07 Å². The lowest BCUT2D eigenvalue weighted by atomic mass is 10.1. The summed E-state index contributed by atoms with van der Waals surface area (Å²) in [6, 6.07) is 11.0. The summed E-state index contributed by atoms with van der Waals surface area (Å²) in [7, 11) is 0. The van der Waals surface area contributed by atoms with Gasteiger partial charge >= 0.3 is 0 Å². The van der Waals surface area contributed by atoms with Crippen molar-refractivity contribution < 1.29 is 9.53 Å². The second-order valence-electron chi connectivity index (χ2n) is 3.27. The minimum atomic E-state index is 0.0524. The van der Waals surface area contributed by atoms with E-state index in [1.807, 2.05) is 42.6 Å². The Morgan fingerprint density at radius 3 is 2.88 bits per heavy atom. The predicted octanol–water partition coefficient (Wildman–Crippen LogP) is 3.38. The highest BCUT2D eigenvalue weighted by atomic mass is 32.1. The summed E-state index contributed by atoms with van der Waals surface area (Å²) in [5.74, 6) is 0.793. The first-order chi connectivity index (χ1) is 7.81. The summed E-state index contributed by atoms with van der Waals surface area (Å²) >= 11 is 1.45. The molecule has 0 aliphatic carbocycles. The van der Waals surface area contributed by atoms with Crippen LogP contribution in [0.15, 0.2) is 41.8 Å². The van der Waals surface area contributed by atoms with Gasteiger partial charge in [0.2, 0.25) is 5.78 Å². The molecule has 0 amide bonds. The minimum Gasteiger partial charge on any atom is -0.494 e. The van der Waals surface area contributed by atoms with Gasteiger partial charge in [-0.2, -0.15) is 0 Å². The molecule has 0 aliphatic heterocycles. The van der Waals surface area contributed by atoms with Crippen LogP contribution in [-0.2, 0) is 0 Å². The molecule has 2 aromatic rings. The van der Waals surface area contributed by atoms with Gasteiger partial charge in [-0.15, -0.1) is 11.3 Å². The van der Waals surface area contributed by atoms with Crippen LogP contribution in [0.3, 0.4) is 0 Å². The number of thiophene rings is 1. The fourth-order valence-electron chi connectivity index (χ4n) is 1.44. The quantitative estimate of drug-likeness (QED) is 0.755. The molecule has 2 rings (SSSR count). The summed E-state index contributed by atoms with van der Waals surface area (Å²) < 4.78 is 5.37. The van der Waals surface area contributed by atoms with Gasteiger partial charge in [-0.25, -0.2) is 0 Å². The van der Waals surface area contributed by atoms with Gasteiger partial charge in [-0.3, -0.25) is 4.79 Å². The number of ketones is 1. The number of rotatable bonds is 4. The summed E-state index contributed by atoms with van der Waals surface area (Å²) in [5, 5.41) is 1.90. The first kappa shape index (κ1) is 10.9. The van der Waals surface area contributed by atoms with Crippen LogP contribution >= 0.6 is 11.3 Å². The lowest BCUT2D eigenvalue weighted by Crippen LogP contribution is -1.99. The van der Waals surface area contributed by atoms with Crippen LogP contribution in [0, 0.1) is 0 Å². The molecule has 0 aliphatic rings. The fraction of sp³-hybridized carbons (Fsp3) is 0.154. The van der Waals surface area contributed by atoms with E-state index in [4.69, 9.17) is 4.74 Å². The highest BCUT2D eigenvalue weighted by molar-refractivity contribution is 7.12. The highest BCUT2D eigenvalue weighted by Crippen LogP contribution is 2.19. The Labute approximate surface area is 98.5 Å². The molecule has 1 aromatic carbocycles. The topological polar surface area (TPSA) is 26.3 Å². The zero-order valence-electron chi connectivity index (χ0n) is 8.97. The molecule has 0 bridgehead atoms. The minimum absolute atomic E-state index is 0.0524. The zero-order valence-corrected chi connectivity index (χ0v) is 9.79. The van der Waals surface area contributed by atoms with E-state index in [0.717, 1.165) is 10.6 Å². The van der Waals surface area contributed by atoms with Gasteiger partial charge in [-0.05, 0) is 30.5 Å². The van der Waals surface area contributed by atoms with Crippen molar-refractivity contribution >= 4 is 17.1 Å². The third kappa shape index (κ3) is 2.31. The summed E-state index contributed by atoms with van der Waals surface area (Å²) in [6.45, 7) is 2.53. The first-order valence-electron chi connectivity index (χ1n) is 5.12. The number of benzene rings is 1. The molecule has 0 saturated heterocycles. The molecule has 0 spiro atoms. The van der Waals surface area contributed by atoms with Gasteiger partial charge in [0.1, 0.15) is 5.75 Å². The number of hydrogen-bond acceptors (Lipinski definition) is 3. The van der Waals surface area contributed by atoms with Gasteiger partial charge in [0, 0.05) is 5.56 Å². The maximum atomic E-state index is 12.0. The monoisotopic (exact) mass is 232 g/mol. The smallest absolute Gasteiger partial charge is 0.203 e. The first-order valence-corrected chi connectivity index (χ1v) is 6.00. The Morgan fingerprint density at radius 2 is 2.19 bits per heavy atom. The Bertz CT molecular complexity index is 474. The van der Waals surface area contributed by atoms with Gasteiger partial charge in [0.05, 0.1) is 11.5 Å². The maximum absolute atomic E-state index is 12.0. The number of carbonyl (C=O) groups is 1. The predicted molar refractivity (Wildman–Crippen MR) is 65.4 cm³/mol. The molecule has 0 fully saturated rings. The third-order valence-electron chi connectivity index (χ3n) is 2.15. The van der Waals surface area contributed by atoms with Crippen LogP contribution < -0.4 is 4.74 Å². The van der Waals surface area contributed by atoms with Gasteiger partial charge < -0.3 is 4.74 Å². The van der Waals surface area contributed by atoms with Crippen molar-refractivity contribution in [2.45, 2.75) is 6.92 Å². The molecule has 1 aromatic heterocycles. The average molecular weight is 232 g/mol. The Balaban J connectivity index is 2.27. The molecule has 0 atom stereocenters. The number of ether oxygens (including phenoxy) is 1. The fourth-order valence-corrected chi connectivity index (χ4v) is 2.13. The van der Waals surface area contributed by atoms with Crippen LogP contribution in [-0.4, -0.2) is 12.4 Å². The average Bonchev–Trinajstić information content (AvgIpc) is 2.82. The molecule has 0 N–H and O–H groups in total. The summed E-state index contributed by atoms with van der Waals surface area (Å²) in [4.78, 5) is 12.8. The van der Waals surface area contributed by atoms with E-state index >= 15 is 0 Å². The van der Waals surface area contributed by atoms with Crippen molar-refractivity contribution in [3.63, 3.8) is 0 Å². The largest absolute Gasteiger partial charge is 0.494 e. The second-order valence-corrected chi connectivity index (χ2v) is 4.21. The summed E-state index contributed by atoms with van der Waals surface area (Å²) in [5.41, 5.74) is 0.674. The normalized spacial score (nSPS) is 10.1. The standard InChI is InChI=1S/C13H12O2S/c1-2-15-11-6-3-5-10(9-11)13(14)12-7-4-8-16-12/h3-9H,2H2,1H3. The highest BCUT2D eigenvalue weighted by Gasteiger charge is 2.10. The second kappa shape index (κ2) is 4.94. The number of carbonyl (C=O) groups excluding carboxylic acids is 1.